The van der Waals surface area contributed by atoms with Gasteiger partial charge < -0.3 is 4.90 Å². The maximum atomic E-state index is 12.8. The summed E-state index contributed by atoms with van der Waals surface area (Å²) in [6.07, 6.45) is 5.87. The summed E-state index contributed by atoms with van der Waals surface area (Å²) >= 11 is 17.9. The van der Waals surface area contributed by atoms with Crippen molar-refractivity contribution >= 4 is 47.0 Å². The zero-order valence-electron chi connectivity index (χ0n) is 16.0. The Hall–Kier alpha value is -1.15. The van der Waals surface area contributed by atoms with Gasteiger partial charge in [-0.15, -0.1) is 5.10 Å². The Morgan fingerprint density at radius 1 is 1.25 bits per heavy atom. The van der Waals surface area contributed by atoms with Crippen molar-refractivity contribution < 1.29 is 4.79 Å². The molecule has 2 saturated heterocycles. The molecule has 4 rings (SSSR count). The number of fused-ring (bicyclic) bond motifs is 1. The lowest BCUT2D eigenvalue weighted by Gasteiger charge is -2.37. The van der Waals surface area contributed by atoms with Gasteiger partial charge in [-0.25, -0.2) is 4.68 Å². The SMILES string of the molecule is CC1CCCN(C(=O)C2CCN(Cn3nc4c(Cl)cc(Cl)cn4c3=S)CC2)C1. The third kappa shape index (κ3) is 4.08. The van der Waals surface area contributed by atoms with Crippen LogP contribution >= 0.6 is 35.4 Å². The summed E-state index contributed by atoms with van der Waals surface area (Å²) in [4.78, 5) is 17.2. The first kappa shape index (κ1) is 20.1. The number of amides is 1. The summed E-state index contributed by atoms with van der Waals surface area (Å²) in [5.41, 5.74) is 0.611. The highest BCUT2D eigenvalue weighted by Crippen LogP contribution is 2.25. The van der Waals surface area contributed by atoms with Gasteiger partial charge in [-0.2, -0.15) is 0 Å². The van der Waals surface area contributed by atoms with Gasteiger partial charge in [0.2, 0.25) is 10.7 Å². The van der Waals surface area contributed by atoms with E-state index in [2.05, 4.69) is 21.8 Å². The van der Waals surface area contributed by atoms with Gasteiger partial charge in [-0.05, 0) is 49.9 Å². The van der Waals surface area contributed by atoms with Crippen LogP contribution in [0, 0.1) is 16.6 Å². The number of halogens is 2. The number of pyridine rings is 1. The molecule has 0 spiro atoms. The zero-order chi connectivity index (χ0) is 19.8. The lowest BCUT2D eigenvalue weighted by atomic mass is 9.93. The molecule has 2 aromatic rings. The Morgan fingerprint density at radius 2 is 2.00 bits per heavy atom. The molecular weight excluding hydrogens is 417 g/mol. The van der Waals surface area contributed by atoms with Crippen molar-refractivity contribution in [2.24, 2.45) is 11.8 Å². The van der Waals surface area contributed by atoms with Crippen molar-refractivity contribution in [3.05, 3.63) is 27.1 Å². The molecule has 152 valence electrons. The van der Waals surface area contributed by atoms with Crippen LogP contribution in [0.15, 0.2) is 12.3 Å². The van der Waals surface area contributed by atoms with E-state index in [0.717, 1.165) is 45.4 Å². The highest BCUT2D eigenvalue weighted by Gasteiger charge is 2.30. The van der Waals surface area contributed by atoms with Crippen LogP contribution in [0.4, 0.5) is 0 Å². The van der Waals surface area contributed by atoms with E-state index in [1.165, 1.54) is 6.42 Å². The van der Waals surface area contributed by atoms with Crippen molar-refractivity contribution in [3.8, 4) is 0 Å². The Labute approximate surface area is 180 Å². The predicted octanol–water partition coefficient (Wildman–Crippen LogP) is 4.10. The molecular formula is C19H25Cl2N5OS. The molecule has 9 heteroatoms. The maximum absolute atomic E-state index is 12.8. The summed E-state index contributed by atoms with van der Waals surface area (Å²) in [6, 6.07) is 1.67. The van der Waals surface area contributed by atoms with E-state index in [0.29, 0.717) is 39.0 Å². The first-order chi connectivity index (χ1) is 13.4. The third-order valence-electron chi connectivity index (χ3n) is 5.84. The minimum absolute atomic E-state index is 0.142. The number of carbonyl (C=O) groups is 1. The van der Waals surface area contributed by atoms with E-state index < -0.39 is 0 Å². The molecule has 1 atom stereocenters. The summed E-state index contributed by atoms with van der Waals surface area (Å²) in [5.74, 6) is 1.11. The summed E-state index contributed by atoms with van der Waals surface area (Å²) in [5, 5.41) is 5.56. The smallest absolute Gasteiger partial charge is 0.225 e. The van der Waals surface area contributed by atoms with Crippen molar-refractivity contribution in [2.75, 3.05) is 26.2 Å². The fraction of sp³-hybridized carbons (Fsp3) is 0.632. The highest BCUT2D eigenvalue weighted by molar-refractivity contribution is 7.71. The van der Waals surface area contributed by atoms with Gasteiger partial charge in [0.25, 0.3) is 0 Å². The molecule has 28 heavy (non-hydrogen) atoms. The average molecular weight is 442 g/mol. The van der Waals surface area contributed by atoms with Crippen LogP contribution in [0.5, 0.6) is 0 Å². The Balaban J connectivity index is 1.39. The monoisotopic (exact) mass is 441 g/mol. The predicted molar refractivity (Wildman–Crippen MR) is 113 cm³/mol. The molecule has 0 saturated carbocycles. The zero-order valence-corrected chi connectivity index (χ0v) is 18.3. The number of aromatic nitrogens is 3. The van der Waals surface area contributed by atoms with E-state index in [-0.39, 0.29) is 5.92 Å². The van der Waals surface area contributed by atoms with Crippen molar-refractivity contribution in [2.45, 2.75) is 39.3 Å². The van der Waals surface area contributed by atoms with Gasteiger partial charge in [0, 0.05) is 38.3 Å². The minimum atomic E-state index is 0.142. The molecule has 2 aromatic heterocycles. The standard InChI is InChI=1S/C19H25Cl2N5OS/c1-13-3-2-6-24(10-13)18(27)14-4-7-23(8-5-14)12-26-19(28)25-11-15(20)9-16(21)17(25)22-26/h9,11,13-14H,2-8,10,12H2,1H3. The third-order valence-corrected chi connectivity index (χ3v) is 6.73. The lowest BCUT2D eigenvalue weighted by Crippen LogP contribution is -2.46. The molecule has 0 aromatic carbocycles. The van der Waals surface area contributed by atoms with Crippen molar-refractivity contribution in [3.63, 3.8) is 0 Å². The molecule has 0 aliphatic carbocycles. The van der Waals surface area contributed by atoms with Crippen LogP contribution in [-0.2, 0) is 11.5 Å². The number of piperidine rings is 2. The second kappa shape index (κ2) is 8.30. The maximum Gasteiger partial charge on any atom is 0.225 e. The fourth-order valence-corrected chi connectivity index (χ4v) is 5.04. The molecule has 0 bridgehead atoms. The van der Waals surface area contributed by atoms with Crippen LogP contribution in [-0.4, -0.2) is 56.1 Å². The van der Waals surface area contributed by atoms with Crippen LogP contribution in [0.3, 0.4) is 0 Å². The number of carbonyl (C=O) groups excluding carboxylic acids is 1. The van der Waals surface area contributed by atoms with E-state index in [1.54, 1.807) is 21.3 Å². The first-order valence-electron chi connectivity index (χ1n) is 9.87. The van der Waals surface area contributed by atoms with Gasteiger partial charge >= 0.3 is 0 Å². The molecule has 1 amide bonds. The van der Waals surface area contributed by atoms with E-state index in [9.17, 15) is 4.79 Å². The molecule has 1 unspecified atom stereocenters. The Bertz CT molecular complexity index is 934. The number of hydrogen-bond donors (Lipinski definition) is 0. The van der Waals surface area contributed by atoms with Gasteiger partial charge in [0.1, 0.15) is 0 Å². The normalized spacial score (nSPS) is 22.1. The number of likely N-dealkylation sites (tertiary alicyclic amines) is 2. The summed E-state index contributed by atoms with van der Waals surface area (Å²) < 4.78 is 4.09. The van der Waals surface area contributed by atoms with Gasteiger partial charge in [0.15, 0.2) is 5.65 Å². The van der Waals surface area contributed by atoms with Crippen LogP contribution in [0.25, 0.3) is 5.65 Å². The average Bonchev–Trinajstić information content (AvgIpc) is 2.98. The van der Waals surface area contributed by atoms with Crippen LogP contribution in [0.1, 0.15) is 32.6 Å². The second-order valence-electron chi connectivity index (χ2n) is 8.05. The minimum Gasteiger partial charge on any atom is -0.342 e. The van der Waals surface area contributed by atoms with Crippen molar-refractivity contribution in [1.29, 1.82) is 0 Å². The second-order valence-corrected chi connectivity index (χ2v) is 9.26. The largest absolute Gasteiger partial charge is 0.342 e. The molecule has 4 heterocycles. The lowest BCUT2D eigenvalue weighted by molar-refractivity contribution is -0.139. The number of rotatable bonds is 3. The van der Waals surface area contributed by atoms with Crippen LogP contribution < -0.4 is 0 Å². The van der Waals surface area contributed by atoms with Gasteiger partial charge in [-0.1, -0.05) is 30.1 Å². The Morgan fingerprint density at radius 3 is 2.71 bits per heavy atom. The molecule has 2 aliphatic heterocycles. The number of nitrogens with zero attached hydrogens (tertiary/aromatic N) is 5. The molecule has 2 fully saturated rings. The van der Waals surface area contributed by atoms with E-state index in [1.807, 2.05) is 0 Å². The molecule has 0 radical (unpaired) electrons. The highest BCUT2D eigenvalue weighted by atomic mass is 35.5. The van der Waals surface area contributed by atoms with E-state index in [4.69, 9.17) is 35.4 Å². The Kier molecular flexibility index (Phi) is 5.97. The molecule has 0 N–H and O–H groups in total. The van der Waals surface area contributed by atoms with Gasteiger partial charge in [0.05, 0.1) is 16.7 Å². The van der Waals surface area contributed by atoms with E-state index >= 15 is 0 Å². The molecule has 2 aliphatic rings. The summed E-state index contributed by atoms with van der Waals surface area (Å²) in [7, 11) is 0. The molecule has 6 nitrogen and oxygen atoms in total. The fourth-order valence-electron chi connectivity index (χ4n) is 4.30. The van der Waals surface area contributed by atoms with Crippen molar-refractivity contribution in [1.82, 2.24) is 24.0 Å². The van der Waals surface area contributed by atoms with Crippen LogP contribution in [0.2, 0.25) is 10.0 Å². The number of hydrogen-bond acceptors (Lipinski definition) is 4. The topological polar surface area (TPSA) is 45.8 Å². The first-order valence-corrected chi connectivity index (χ1v) is 11.0. The summed E-state index contributed by atoms with van der Waals surface area (Å²) in [6.45, 7) is 6.39. The quantitative estimate of drug-likeness (QED) is 0.672. The van der Waals surface area contributed by atoms with Gasteiger partial charge in [-0.3, -0.25) is 14.1 Å².